The second-order valence-electron chi connectivity index (χ2n) is 2.76. The van der Waals surface area contributed by atoms with Crippen molar-refractivity contribution in [3.63, 3.8) is 0 Å². The number of nitrogens with two attached hydrogens (primary N) is 1. The van der Waals surface area contributed by atoms with Gasteiger partial charge in [-0.2, -0.15) is 0 Å². The molecule has 10 heavy (non-hydrogen) atoms. The maximum atomic E-state index is 10.7. The van der Waals surface area contributed by atoms with Gasteiger partial charge in [-0.3, -0.25) is 4.79 Å². The van der Waals surface area contributed by atoms with Gasteiger partial charge in [-0.1, -0.05) is 12.8 Å². The van der Waals surface area contributed by atoms with Crippen LogP contribution in [0.5, 0.6) is 0 Å². The number of hydrogen-bond donors (Lipinski definition) is 2. The summed E-state index contributed by atoms with van der Waals surface area (Å²) < 4.78 is 0. The van der Waals surface area contributed by atoms with Crippen molar-refractivity contribution in [3.05, 3.63) is 0 Å². The van der Waals surface area contributed by atoms with Crippen LogP contribution in [0, 0.1) is 0 Å². The first kappa shape index (κ1) is 7.54. The van der Waals surface area contributed by atoms with E-state index < -0.39 is 0 Å². The van der Waals surface area contributed by atoms with E-state index in [9.17, 15) is 4.79 Å². The van der Waals surface area contributed by atoms with Crippen LogP contribution < -0.4 is 11.1 Å². The van der Waals surface area contributed by atoms with Crippen LogP contribution in [0.25, 0.3) is 0 Å². The van der Waals surface area contributed by atoms with Crippen LogP contribution in [-0.2, 0) is 4.79 Å². The van der Waals surface area contributed by atoms with Crippen molar-refractivity contribution in [2.45, 2.75) is 31.7 Å². The quantitative estimate of drug-likeness (QED) is 0.541. The zero-order valence-electron chi connectivity index (χ0n) is 6.10. The highest BCUT2D eigenvalue weighted by molar-refractivity contribution is 5.79. The lowest BCUT2D eigenvalue weighted by molar-refractivity contribution is -0.120. The number of primary amides is 1. The number of carbonyl (C=O) groups is 1. The van der Waals surface area contributed by atoms with Crippen LogP contribution in [0.2, 0.25) is 0 Å². The molecule has 1 atom stereocenters. The normalized spacial score (nSPS) is 27.4. The van der Waals surface area contributed by atoms with E-state index in [2.05, 4.69) is 5.32 Å². The van der Waals surface area contributed by atoms with Gasteiger partial charge < -0.3 is 11.1 Å². The zero-order valence-corrected chi connectivity index (χ0v) is 6.10. The van der Waals surface area contributed by atoms with Crippen LogP contribution in [0.1, 0.15) is 25.7 Å². The van der Waals surface area contributed by atoms with Crippen molar-refractivity contribution in [3.8, 4) is 0 Å². The molecule has 3 N–H and O–H groups in total. The predicted octanol–water partition coefficient (Wildman–Crippen LogP) is 0.00390. The van der Waals surface area contributed by atoms with Gasteiger partial charge in [0, 0.05) is 0 Å². The average Bonchev–Trinajstić information content (AvgIpc) is 2.12. The van der Waals surface area contributed by atoms with E-state index in [1.54, 1.807) is 0 Å². The third kappa shape index (κ3) is 1.99. The fourth-order valence-electron chi connectivity index (χ4n) is 1.27. The summed E-state index contributed by atoms with van der Waals surface area (Å²) in [7, 11) is 0. The molecule has 0 aromatic heterocycles. The van der Waals surface area contributed by atoms with Crippen molar-refractivity contribution in [2.24, 2.45) is 5.73 Å². The summed E-state index contributed by atoms with van der Waals surface area (Å²) in [5, 5.41) is 3.11. The predicted molar refractivity (Wildman–Crippen MR) is 39.5 cm³/mol. The highest BCUT2D eigenvalue weighted by atomic mass is 16.1. The number of rotatable bonds is 1. The molecule has 1 aliphatic rings. The van der Waals surface area contributed by atoms with Crippen LogP contribution >= 0.6 is 0 Å². The standard InChI is InChI=1S/C7H14N2O/c8-7(10)6-4-2-1-3-5-9-6/h6,9H,1-5H2,(H2,8,10)/t6-/m0/s1. The minimum absolute atomic E-state index is 0.0671. The van der Waals surface area contributed by atoms with E-state index >= 15 is 0 Å². The first-order chi connectivity index (χ1) is 4.80. The molecule has 58 valence electrons. The molecule has 0 bridgehead atoms. The fourth-order valence-corrected chi connectivity index (χ4v) is 1.27. The Labute approximate surface area is 61.0 Å². The molecule has 0 aromatic carbocycles. The summed E-state index contributed by atoms with van der Waals surface area (Å²) in [4.78, 5) is 10.7. The Bertz CT molecular complexity index is 117. The van der Waals surface area contributed by atoms with Crippen molar-refractivity contribution in [1.29, 1.82) is 0 Å². The third-order valence-electron chi connectivity index (χ3n) is 1.90. The first-order valence-corrected chi connectivity index (χ1v) is 3.83. The Morgan fingerprint density at radius 1 is 1.40 bits per heavy atom. The Kier molecular flexibility index (Phi) is 2.68. The lowest BCUT2D eigenvalue weighted by atomic mass is 10.1. The SMILES string of the molecule is NC(=O)[C@@H]1CCCCCN1. The number of hydrogen-bond acceptors (Lipinski definition) is 2. The molecule has 0 radical (unpaired) electrons. The Morgan fingerprint density at radius 3 is 2.90 bits per heavy atom. The van der Waals surface area contributed by atoms with Gasteiger partial charge in [0.2, 0.25) is 5.91 Å². The van der Waals surface area contributed by atoms with Gasteiger partial charge in [-0.25, -0.2) is 0 Å². The van der Waals surface area contributed by atoms with Crippen LogP contribution in [-0.4, -0.2) is 18.5 Å². The molecule has 0 spiro atoms. The molecule has 1 fully saturated rings. The summed E-state index contributed by atoms with van der Waals surface area (Å²) >= 11 is 0. The van der Waals surface area contributed by atoms with Crippen molar-refractivity contribution >= 4 is 5.91 Å². The van der Waals surface area contributed by atoms with Gasteiger partial charge in [0.05, 0.1) is 6.04 Å². The van der Waals surface area contributed by atoms with Gasteiger partial charge in [0.1, 0.15) is 0 Å². The molecular weight excluding hydrogens is 128 g/mol. The highest BCUT2D eigenvalue weighted by Gasteiger charge is 2.15. The fraction of sp³-hybridized carbons (Fsp3) is 0.857. The summed E-state index contributed by atoms with van der Waals surface area (Å²) in [5.74, 6) is -0.207. The molecule has 1 amide bonds. The van der Waals surface area contributed by atoms with Crippen LogP contribution in [0.4, 0.5) is 0 Å². The van der Waals surface area contributed by atoms with Crippen LogP contribution in [0.15, 0.2) is 0 Å². The molecule has 0 aromatic rings. The number of nitrogens with one attached hydrogen (secondary N) is 1. The molecule has 0 saturated carbocycles. The molecule has 3 heteroatoms. The van der Waals surface area contributed by atoms with Crippen molar-refractivity contribution in [1.82, 2.24) is 5.32 Å². The van der Waals surface area contributed by atoms with Gasteiger partial charge in [0.15, 0.2) is 0 Å². The van der Waals surface area contributed by atoms with Gasteiger partial charge >= 0.3 is 0 Å². The zero-order chi connectivity index (χ0) is 7.40. The number of amides is 1. The van der Waals surface area contributed by atoms with Gasteiger partial charge in [0.25, 0.3) is 0 Å². The van der Waals surface area contributed by atoms with E-state index in [4.69, 9.17) is 5.73 Å². The summed E-state index contributed by atoms with van der Waals surface area (Å²) in [6.45, 7) is 0.938. The lowest BCUT2D eigenvalue weighted by Gasteiger charge is -2.09. The maximum Gasteiger partial charge on any atom is 0.234 e. The van der Waals surface area contributed by atoms with Gasteiger partial charge in [-0.15, -0.1) is 0 Å². The molecule has 1 heterocycles. The molecule has 1 aliphatic heterocycles. The molecule has 3 nitrogen and oxygen atoms in total. The maximum absolute atomic E-state index is 10.7. The van der Waals surface area contributed by atoms with Crippen molar-refractivity contribution < 1.29 is 4.79 Å². The third-order valence-corrected chi connectivity index (χ3v) is 1.90. The largest absolute Gasteiger partial charge is 0.368 e. The van der Waals surface area contributed by atoms with Crippen LogP contribution in [0.3, 0.4) is 0 Å². The molecular formula is C7H14N2O. The first-order valence-electron chi connectivity index (χ1n) is 3.83. The Balaban J connectivity index is 2.35. The summed E-state index contributed by atoms with van der Waals surface area (Å²) in [6, 6.07) is -0.0671. The van der Waals surface area contributed by atoms with Crippen molar-refractivity contribution in [2.75, 3.05) is 6.54 Å². The topological polar surface area (TPSA) is 55.1 Å². The monoisotopic (exact) mass is 142 g/mol. The molecule has 1 saturated heterocycles. The molecule has 0 unspecified atom stereocenters. The smallest absolute Gasteiger partial charge is 0.234 e. The Morgan fingerprint density at radius 2 is 2.20 bits per heavy atom. The van der Waals surface area contributed by atoms with E-state index in [0.717, 1.165) is 19.4 Å². The lowest BCUT2D eigenvalue weighted by Crippen LogP contribution is -2.40. The van der Waals surface area contributed by atoms with Gasteiger partial charge in [-0.05, 0) is 19.4 Å². The summed E-state index contributed by atoms with van der Waals surface area (Å²) in [5.41, 5.74) is 5.14. The minimum Gasteiger partial charge on any atom is -0.368 e. The molecule has 1 rings (SSSR count). The second kappa shape index (κ2) is 3.56. The van der Waals surface area contributed by atoms with E-state index in [-0.39, 0.29) is 11.9 Å². The second-order valence-corrected chi connectivity index (χ2v) is 2.76. The minimum atomic E-state index is -0.207. The van der Waals surface area contributed by atoms with E-state index in [0.29, 0.717) is 0 Å². The average molecular weight is 142 g/mol. The van der Waals surface area contributed by atoms with E-state index in [1.165, 1.54) is 12.8 Å². The Hall–Kier alpha value is -0.570. The number of carbonyl (C=O) groups excluding carboxylic acids is 1. The summed E-state index contributed by atoms with van der Waals surface area (Å²) in [6.07, 6.45) is 4.43. The highest BCUT2D eigenvalue weighted by Crippen LogP contribution is 2.07. The molecule has 0 aliphatic carbocycles. The van der Waals surface area contributed by atoms with E-state index in [1.807, 2.05) is 0 Å².